The highest BCUT2D eigenvalue weighted by molar-refractivity contribution is 7.92. The van der Waals surface area contributed by atoms with Gasteiger partial charge in [0.15, 0.2) is 5.58 Å². The van der Waals surface area contributed by atoms with Crippen LogP contribution in [0.2, 0.25) is 0 Å². The number of halogens is 1. The molecule has 3 rings (SSSR count). The van der Waals surface area contributed by atoms with Crippen molar-refractivity contribution in [1.29, 1.82) is 0 Å². The molecule has 2 aromatic carbocycles. The van der Waals surface area contributed by atoms with Gasteiger partial charge in [0.2, 0.25) is 0 Å². The van der Waals surface area contributed by atoms with E-state index in [4.69, 9.17) is 9.15 Å². The van der Waals surface area contributed by atoms with Gasteiger partial charge >= 0.3 is 11.7 Å². The minimum absolute atomic E-state index is 0.00347. The maximum absolute atomic E-state index is 13.7. The van der Waals surface area contributed by atoms with Crippen molar-refractivity contribution in [2.75, 3.05) is 11.3 Å². The van der Waals surface area contributed by atoms with E-state index in [0.29, 0.717) is 12.0 Å². The van der Waals surface area contributed by atoms with Crippen LogP contribution < -0.4 is 10.5 Å². The van der Waals surface area contributed by atoms with Crippen molar-refractivity contribution < 1.29 is 26.8 Å². The molecule has 0 bridgehead atoms. The first kappa shape index (κ1) is 20.6. The summed E-state index contributed by atoms with van der Waals surface area (Å²) in [6, 6.07) is 7.75. The Morgan fingerprint density at radius 1 is 1.24 bits per heavy atom. The van der Waals surface area contributed by atoms with Crippen LogP contribution in [0.3, 0.4) is 0 Å². The quantitative estimate of drug-likeness (QED) is 0.587. The fourth-order valence-electron chi connectivity index (χ4n) is 2.62. The molecule has 0 atom stereocenters. The van der Waals surface area contributed by atoms with Gasteiger partial charge < -0.3 is 9.15 Å². The van der Waals surface area contributed by atoms with E-state index in [2.05, 4.69) is 4.72 Å². The third-order valence-corrected chi connectivity index (χ3v) is 5.51. The zero-order valence-corrected chi connectivity index (χ0v) is 16.6. The van der Waals surface area contributed by atoms with E-state index in [1.807, 2.05) is 6.92 Å². The molecule has 0 aliphatic heterocycles. The van der Waals surface area contributed by atoms with Crippen LogP contribution in [-0.2, 0) is 26.1 Å². The number of rotatable bonds is 7. The monoisotopic (exact) mass is 422 g/mol. The molecule has 29 heavy (non-hydrogen) atoms. The molecule has 0 unspecified atom stereocenters. The number of anilines is 1. The number of hydrogen-bond acceptors (Lipinski definition) is 6. The lowest BCUT2D eigenvalue weighted by Gasteiger charge is -2.09. The van der Waals surface area contributed by atoms with E-state index in [0.717, 1.165) is 16.7 Å². The number of nitrogens with one attached hydrogen (secondary N) is 1. The number of benzene rings is 2. The van der Waals surface area contributed by atoms with Gasteiger partial charge in [-0.2, -0.15) is 0 Å². The van der Waals surface area contributed by atoms with E-state index in [1.54, 1.807) is 6.92 Å². The summed E-state index contributed by atoms with van der Waals surface area (Å²) < 4.78 is 52.2. The van der Waals surface area contributed by atoms with Crippen LogP contribution in [0.5, 0.6) is 0 Å². The number of fused-ring (bicyclic) bond motifs is 1. The number of sulfonamides is 1. The zero-order valence-electron chi connectivity index (χ0n) is 15.8. The van der Waals surface area contributed by atoms with E-state index in [-0.39, 0.29) is 34.8 Å². The Hall–Kier alpha value is -3.14. The van der Waals surface area contributed by atoms with Crippen molar-refractivity contribution in [3.63, 3.8) is 0 Å². The third-order valence-electron chi connectivity index (χ3n) is 4.13. The molecule has 0 saturated carbocycles. The van der Waals surface area contributed by atoms with Crippen molar-refractivity contribution in [2.45, 2.75) is 31.7 Å². The van der Waals surface area contributed by atoms with Crippen LogP contribution in [0, 0.1) is 12.7 Å². The lowest BCUT2D eigenvalue weighted by Crippen LogP contribution is -2.21. The number of nitrogens with zero attached hydrogens (tertiary/aromatic N) is 1. The smallest absolute Gasteiger partial charge is 0.420 e. The van der Waals surface area contributed by atoms with Gasteiger partial charge in [0.25, 0.3) is 10.0 Å². The van der Waals surface area contributed by atoms with Gasteiger partial charge in [0.05, 0.1) is 22.7 Å². The first-order valence-corrected chi connectivity index (χ1v) is 10.3. The van der Waals surface area contributed by atoms with Gasteiger partial charge in [-0.05, 0) is 43.2 Å². The highest BCUT2D eigenvalue weighted by atomic mass is 32.2. The van der Waals surface area contributed by atoms with Crippen molar-refractivity contribution in [3.8, 4) is 0 Å². The Balaban J connectivity index is 1.90. The fraction of sp³-hybridized carbons (Fsp3) is 0.263. The second kappa shape index (κ2) is 8.08. The van der Waals surface area contributed by atoms with Crippen molar-refractivity contribution in [3.05, 3.63) is 58.3 Å². The third kappa shape index (κ3) is 4.48. The first-order valence-electron chi connectivity index (χ1n) is 8.79. The normalized spacial score (nSPS) is 11.6. The standard InChI is InChI=1S/C19H19FN2O6S/c1-3-8-27-18(23)11-22-16-7-6-14(10-17(16)28-19(22)24)29(25,26)21-13-5-4-12(2)15(20)9-13/h4-7,9-10,21H,3,8,11H2,1-2H3. The Morgan fingerprint density at radius 2 is 2.00 bits per heavy atom. The second-order valence-corrected chi connectivity index (χ2v) is 8.06. The lowest BCUT2D eigenvalue weighted by atomic mass is 10.2. The summed E-state index contributed by atoms with van der Waals surface area (Å²) in [6.07, 6.45) is 0.645. The Morgan fingerprint density at radius 3 is 2.69 bits per heavy atom. The molecule has 0 amide bonds. The first-order chi connectivity index (χ1) is 13.7. The Kier molecular flexibility index (Phi) is 5.73. The number of esters is 1. The van der Waals surface area contributed by atoms with E-state index >= 15 is 0 Å². The van der Waals surface area contributed by atoms with E-state index in [1.165, 1.54) is 24.3 Å². The molecular formula is C19H19FN2O6S. The molecule has 0 aliphatic rings. The summed E-state index contributed by atoms with van der Waals surface area (Å²) >= 11 is 0. The largest absolute Gasteiger partial charge is 0.464 e. The van der Waals surface area contributed by atoms with Gasteiger partial charge in [0, 0.05) is 6.07 Å². The van der Waals surface area contributed by atoms with Gasteiger partial charge in [0.1, 0.15) is 12.4 Å². The highest BCUT2D eigenvalue weighted by Crippen LogP contribution is 2.22. The maximum Gasteiger partial charge on any atom is 0.420 e. The molecule has 10 heteroatoms. The Bertz CT molecular complexity index is 1230. The average molecular weight is 422 g/mol. The topological polar surface area (TPSA) is 108 Å². The molecule has 3 aromatic rings. The molecule has 0 fully saturated rings. The van der Waals surface area contributed by atoms with Gasteiger partial charge in [-0.3, -0.25) is 14.1 Å². The van der Waals surface area contributed by atoms with Gasteiger partial charge in [-0.1, -0.05) is 13.0 Å². The van der Waals surface area contributed by atoms with E-state index < -0.39 is 27.6 Å². The molecule has 0 saturated heterocycles. The van der Waals surface area contributed by atoms with E-state index in [9.17, 15) is 22.4 Å². The highest BCUT2D eigenvalue weighted by Gasteiger charge is 2.19. The summed E-state index contributed by atoms with van der Waals surface area (Å²) in [5.41, 5.74) is 0.695. The van der Waals surface area contributed by atoms with Crippen molar-refractivity contribution >= 4 is 32.8 Å². The summed E-state index contributed by atoms with van der Waals surface area (Å²) in [7, 11) is -4.05. The number of ether oxygens (including phenoxy) is 1. The second-order valence-electron chi connectivity index (χ2n) is 6.37. The van der Waals surface area contributed by atoms with Crippen LogP contribution in [0.4, 0.5) is 10.1 Å². The number of aryl methyl sites for hydroxylation is 1. The molecule has 0 aliphatic carbocycles. The summed E-state index contributed by atoms with van der Waals surface area (Å²) in [4.78, 5) is 23.7. The van der Waals surface area contributed by atoms with Crippen LogP contribution in [0.25, 0.3) is 11.1 Å². The number of carbonyl (C=O) groups excluding carboxylic acids is 1. The number of carbonyl (C=O) groups is 1. The molecule has 1 N–H and O–H groups in total. The van der Waals surface area contributed by atoms with Gasteiger partial charge in [-0.15, -0.1) is 0 Å². The Labute approximate surface area is 165 Å². The summed E-state index contributed by atoms with van der Waals surface area (Å²) in [5, 5.41) is 0. The van der Waals surface area contributed by atoms with Crippen molar-refractivity contribution in [1.82, 2.24) is 4.57 Å². The SMILES string of the molecule is CCCOC(=O)Cn1c(=O)oc2cc(S(=O)(=O)Nc3ccc(C)c(F)c3)ccc21. The van der Waals surface area contributed by atoms with Crippen molar-refractivity contribution in [2.24, 2.45) is 0 Å². The molecule has 0 radical (unpaired) electrons. The number of hydrogen-bond donors (Lipinski definition) is 1. The molecular weight excluding hydrogens is 403 g/mol. The van der Waals surface area contributed by atoms with Crippen LogP contribution in [0.15, 0.2) is 50.5 Å². The maximum atomic E-state index is 13.7. The fourth-order valence-corrected chi connectivity index (χ4v) is 3.69. The van der Waals surface area contributed by atoms with Gasteiger partial charge in [-0.25, -0.2) is 17.6 Å². The molecule has 1 heterocycles. The zero-order chi connectivity index (χ0) is 21.2. The number of aromatic nitrogens is 1. The molecule has 154 valence electrons. The molecule has 8 nitrogen and oxygen atoms in total. The molecule has 1 aromatic heterocycles. The van der Waals surface area contributed by atoms with Crippen LogP contribution in [-0.4, -0.2) is 25.6 Å². The number of oxazole rings is 1. The van der Waals surface area contributed by atoms with Crippen LogP contribution in [0.1, 0.15) is 18.9 Å². The predicted molar refractivity (Wildman–Crippen MR) is 104 cm³/mol. The minimum Gasteiger partial charge on any atom is -0.464 e. The minimum atomic E-state index is -4.05. The average Bonchev–Trinajstić information content (AvgIpc) is 2.97. The summed E-state index contributed by atoms with van der Waals surface area (Å²) in [5.74, 6) is -1.95. The van der Waals surface area contributed by atoms with Crippen LogP contribution >= 0.6 is 0 Å². The summed E-state index contributed by atoms with van der Waals surface area (Å²) in [6.45, 7) is 3.29. The molecule has 0 spiro atoms. The lowest BCUT2D eigenvalue weighted by molar-refractivity contribution is -0.144. The predicted octanol–water partition coefficient (Wildman–Crippen LogP) is 2.80.